The second-order valence-electron chi connectivity index (χ2n) is 4.54. The van der Waals surface area contributed by atoms with E-state index in [9.17, 15) is 9.59 Å². The Kier molecular flexibility index (Phi) is 5.88. The van der Waals surface area contributed by atoms with Gasteiger partial charge in [-0.1, -0.05) is 23.7 Å². The molecule has 0 unspecified atom stereocenters. The van der Waals surface area contributed by atoms with Crippen molar-refractivity contribution in [3.63, 3.8) is 0 Å². The highest BCUT2D eigenvalue weighted by Crippen LogP contribution is 2.09. The molecule has 0 bridgehead atoms. The Hall–Kier alpha value is -2.66. The van der Waals surface area contributed by atoms with Crippen molar-refractivity contribution in [1.82, 2.24) is 4.98 Å². The van der Waals surface area contributed by atoms with Gasteiger partial charge in [-0.15, -0.1) is 0 Å². The minimum Gasteiger partial charge on any atom is -0.465 e. The van der Waals surface area contributed by atoms with Crippen LogP contribution in [0.4, 0.5) is 0 Å². The number of benzene rings is 1. The zero-order valence-electron chi connectivity index (χ0n) is 12.4. The molecule has 0 saturated heterocycles. The molecular weight excluding hydrogens is 318 g/mol. The first-order valence-electron chi connectivity index (χ1n) is 6.72. The minimum absolute atomic E-state index is 0.118. The molecule has 0 radical (unpaired) electrons. The highest BCUT2D eigenvalue weighted by Gasteiger charge is 2.04. The van der Waals surface area contributed by atoms with Gasteiger partial charge in [0.05, 0.1) is 12.7 Å². The summed E-state index contributed by atoms with van der Waals surface area (Å²) in [6.07, 6.45) is 4.46. The van der Waals surface area contributed by atoms with E-state index >= 15 is 0 Å². The summed E-state index contributed by atoms with van der Waals surface area (Å²) in [6, 6.07) is 10.0. The van der Waals surface area contributed by atoms with Crippen LogP contribution >= 0.6 is 11.6 Å². The molecule has 0 spiro atoms. The van der Waals surface area contributed by atoms with Crippen molar-refractivity contribution in [1.29, 1.82) is 0 Å². The molecule has 2 rings (SSSR count). The number of esters is 2. The van der Waals surface area contributed by atoms with Gasteiger partial charge in [-0.3, -0.25) is 0 Å². The summed E-state index contributed by atoms with van der Waals surface area (Å²) < 4.78 is 9.71. The normalized spacial score (nSPS) is 10.5. The molecule has 23 heavy (non-hydrogen) atoms. The first-order chi connectivity index (χ1) is 11.1. The molecule has 5 nitrogen and oxygen atoms in total. The fourth-order valence-electron chi connectivity index (χ4n) is 1.75. The van der Waals surface area contributed by atoms with Crippen LogP contribution in [0.3, 0.4) is 0 Å². The Morgan fingerprint density at radius 2 is 1.96 bits per heavy atom. The quantitative estimate of drug-likeness (QED) is 0.478. The van der Waals surface area contributed by atoms with Gasteiger partial charge in [0.1, 0.15) is 11.8 Å². The van der Waals surface area contributed by atoms with Gasteiger partial charge in [0.25, 0.3) is 0 Å². The molecule has 1 heterocycles. The number of nitrogens with zero attached hydrogens (tertiary/aromatic N) is 1. The number of hydrogen-bond donors (Lipinski definition) is 0. The van der Waals surface area contributed by atoms with Gasteiger partial charge in [-0.2, -0.15) is 0 Å². The van der Waals surface area contributed by atoms with Crippen LogP contribution < -0.4 is 0 Å². The Balaban J connectivity index is 1.89. The van der Waals surface area contributed by atoms with Gasteiger partial charge < -0.3 is 9.47 Å². The lowest BCUT2D eigenvalue weighted by molar-refractivity contribution is -0.138. The molecule has 0 aliphatic heterocycles. The van der Waals surface area contributed by atoms with Crippen LogP contribution in [0.15, 0.2) is 48.7 Å². The zero-order valence-corrected chi connectivity index (χ0v) is 13.1. The lowest BCUT2D eigenvalue weighted by atomic mass is 10.1. The maximum Gasteiger partial charge on any atom is 0.337 e. The van der Waals surface area contributed by atoms with Crippen molar-refractivity contribution in [2.75, 3.05) is 7.11 Å². The maximum absolute atomic E-state index is 11.7. The summed E-state index contributed by atoms with van der Waals surface area (Å²) in [4.78, 5) is 26.8. The van der Waals surface area contributed by atoms with Crippen molar-refractivity contribution in [3.8, 4) is 0 Å². The molecule has 0 aliphatic carbocycles. The van der Waals surface area contributed by atoms with E-state index in [1.807, 2.05) is 0 Å². The monoisotopic (exact) mass is 331 g/mol. The van der Waals surface area contributed by atoms with Crippen LogP contribution in [-0.4, -0.2) is 24.0 Å². The summed E-state index contributed by atoms with van der Waals surface area (Å²) in [6.45, 7) is 0.118. The number of pyridine rings is 1. The van der Waals surface area contributed by atoms with E-state index in [0.717, 1.165) is 11.1 Å². The van der Waals surface area contributed by atoms with Gasteiger partial charge in [0.15, 0.2) is 0 Å². The number of ether oxygens (including phenoxy) is 2. The highest BCUT2D eigenvalue weighted by atomic mass is 35.5. The van der Waals surface area contributed by atoms with Gasteiger partial charge >= 0.3 is 11.9 Å². The molecule has 0 N–H and O–H groups in total. The fraction of sp³-hybridized carbons (Fsp3) is 0.118. The van der Waals surface area contributed by atoms with Gasteiger partial charge in [-0.25, -0.2) is 14.6 Å². The van der Waals surface area contributed by atoms with Crippen LogP contribution in [0.25, 0.3) is 6.08 Å². The minimum atomic E-state index is -0.477. The zero-order chi connectivity index (χ0) is 16.7. The van der Waals surface area contributed by atoms with Crippen molar-refractivity contribution >= 4 is 29.6 Å². The third kappa shape index (κ3) is 5.23. The molecule has 118 valence electrons. The first-order valence-corrected chi connectivity index (χ1v) is 7.10. The third-order valence-electron chi connectivity index (χ3n) is 2.92. The predicted molar refractivity (Wildman–Crippen MR) is 85.9 cm³/mol. The Morgan fingerprint density at radius 1 is 1.22 bits per heavy atom. The van der Waals surface area contributed by atoms with Crippen LogP contribution in [0.2, 0.25) is 5.15 Å². The molecule has 2 aromatic rings. The second kappa shape index (κ2) is 8.10. The average molecular weight is 332 g/mol. The molecule has 1 aromatic carbocycles. The molecule has 0 aliphatic rings. The van der Waals surface area contributed by atoms with Gasteiger partial charge in [-0.05, 0) is 41.5 Å². The van der Waals surface area contributed by atoms with E-state index in [1.54, 1.807) is 48.7 Å². The van der Waals surface area contributed by atoms with E-state index in [2.05, 4.69) is 9.72 Å². The van der Waals surface area contributed by atoms with Crippen LogP contribution in [0.5, 0.6) is 0 Å². The van der Waals surface area contributed by atoms with E-state index in [4.69, 9.17) is 16.3 Å². The fourth-order valence-corrected chi connectivity index (χ4v) is 1.94. The van der Waals surface area contributed by atoms with Crippen LogP contribution in [0, 0.1) is 0 Å². The molecule has 6 heteroatoms. The molecule has 0 saturated carbocycles. The van der Waals surface area contributed by atoms with Crippen molar-refractivity contribution in [2.45, 2.75) is 6.61 Å². The Labute approximate surface area is 138 Å². The number of carbonyl (C=O) groups is 2. The number of hydrogen-bond acceptors (Lipinski definition) is 5. The second-order valence-corrected chi connectivity index (χ2v) is 4.93. The van der Waals surface area contributed by atoms with Crippen molar-refractivity contribution in [3.05, 3.63) is 70.5 Å². The summed E-state index contributed by atoms with van der Waals surface area (Å²) >= 11 is 5.75. The van der Waals surface area contributed by atoms with Crippen LogP contribution in [0.1, 0.15) is 21.5 Å². The molecule has 0 atom stereocenters. The van der Waals surface area contributed by atoms with E-state index < -0.39 is 11.9 Å². The van der Waals surface area contributed by atoms with E-state index in [-0.39, 0.29) is 6.61 Å². The van der Waals surface area contributed by atoms with Crippen molar-refractivity contribution < 1.29 is 19.1 Å². The molecule has 0 amide bonds. The molecule has 0 fully saturated rings. The molecular formula is C17H14ClNO4. The number of methoxy groups -OCH3 is 1. The third-order valence-corrected chi connectivity index (χ3v) is 3.12. The Bertz CT molecular complexity index is 726. The van der Waals surface area contributed by atoms with Gasteiger partial charge in [0, 0.05) is 12.3 Å². The Morgan fingerprint density at radius 3 is 2.61 bits per heavy atom. The maximum atomic E-state index is 11.7. The van der Waals surface area contributed by atoms with E-state index in [1.165, 1.54) is 13.2 Å². The number of aromatic nitrogens is 1. The lowest BCUT2D eigenvalue weighted by Gasteiger charge is -2.02. The standard InChI is InChI=1S/C17H14ClNO4/c1-22-17(21)14-5-2-12(3-6-14)4-7-16(20)23-11-13-8-9-19-15(18)10-13/h2-10H,11H2,1H3/b7-4+. The summed E-state index contributed by atoms with van der Waals surface area (Å²) in [5.74, 6) is -0.883. The smallest absolute Gasteiger partial charge is 0.337 e. The summed E-state index contributed by atoms with van der Waals surface area (Å²) in [5, 5.41) is 0.347. The molecule has 1 aromatic heterocycles. The van der Waals surface area contributed by atoms with E-state index in [0.29, 0.717) is 10.7 Å². The number of halogens is 1. The van der Waals surface area contributed by atoms with Crippen molar-refractivity contribution in [2.24, 2.45) is 0 Å². The SMILES string of the molecule is COC(=O)c1ccc(/C=C/C(=O)OCc2ccnc(Cl)c2)cc1. The topological polar surface area (TPSA) is 65.5 Å². The first kappa shape index (κ1) is 16.7. The predicted octanol–water partition coefficient (Wildman–Crippen LogP) is 3.28. The lowest BCUT2D eigenvalue weighted by Crippen LogP contribution is -2.01. The summed E-state index contributed by atoms with van der Waals surface area (Å²) in [7, 11) is 1.32. The number of carbonyl (C=O) groups excluding carboxylic acids is 2. The van der Waals surface area contributed by atoms with Crippen LogP contribution in [-0.2, 0) is 20.9 Å². The average Bonchev–Trinajstić information content (AvgIpc) is 2.58. The largest absolute Gasteiger partial charge is 0.465 e. The number of rotatable bonds is 5. The summed E-state index contributed by atoms with van der Waals surface area (Å²) in [5.41, 5.74) is 1.97. The van der Waals surface area contributed by atoms with Gasteiger partial charge in [0.2, 0.25) is 0 Å². The highest BCUT2D eigenvalue weighted by molar-refractivity contribution is 6.29.